The highest BCUT2D eigenvalue weighted by atomic mass is 79.9. The zero-order valence-electron chi connectivity index (χ0n) is 19.1. The van der Waals surface area contributed by atoms with Gasteiger partial charge in [0.2, 0.25) is 0 Å². The Morgan fingerprint density at radius 2 is 1.74 bits per heavy atom. The Morgan fingerprint density at radius 3 is 2.46 bits per heavy atom. The van der Waals surface area contributed by atoms with Gasteiger partial charge in [0, 0.05) is 24.2 Å². The minimum absolute atomic E-state index is 0.216. The third-order valence-corrected chi connectivity index (χ3v) is 6.55. The first kappa shape index (κ1) is 24.9. The van der Waals surface area contributed by atoms with Gasteiger partial charge in [0.1, 0.15) is 5.65 Å². The van der Waals surface area contributed by atoms with E-state index in [4.69, 9.17) is 4.74 Å². The van der Waals surface area contributed by atoms with E-state index in [1.54, 1.807) is 61.3 Å². The molecule has 0 radical (unpaired) electrons. The first-order valence-electron chi connectivity index (χ1n) is 11.1. The van der Waals surface area contributed by atoms with Crippen molar-refractivity contribution in [1.82, 2.24) is 14.1 Å². The zero-order chi connectivity index (χ0) is 24.8. The maximum atomic E-state index is 13.4. The molecular formula is C26H24BrN3O4S. The van der Waals surface area contributed by atoms with Gasteiger partial charge < -0.3 is 4.74 Å². The van der Waals surface area contributed by atoms with Crippen molar-refractivity contribution in [2.75, 3.05) is 5.75 Å². The molecule has 2 aromatic heterocycles. The minimum atomic E-state index is -0.438. The van der Waals surface area contributed by atoms with Gasteiger partial charge >= 0.3 is 11.7 Å². The summed E-state index contributed by atoms with van der Waals surface area (Å²) in [7, 11) is 0. The van der Waals surface area contributed by atoms with E-state index >= 15 is 0 Å². The second-order valence-corrected chi connectivity index (χ2v) is 10.3. The summed E-state index contributed by atoms with van der Waals surface area (Å²) in [5.74, 6) is 0.993. The molecule has 0 saturated heterocycles. The molecule has 0 bridgehead atoms. The van der Waals surface area contributed by atoms with Crippen LogP contribution in [0.3, 0.4) is 0 Å². The smallest absolute Gasteiger partial charge is 0.339 e. The number of nitrogens with zero attached hydrogens (tertiary/aromatic N) is 3. The fourth-order valence-electron chi connectivity index (χ4n) is 3.65. The molecule has 0 fully saturated rings. The van der Waals surface area contributed by atoms with Gasteiger partial charge in [-0.15, -0.1) is 0 Å². The number of carbonyl (C=O) groups excluding carboxylic acids is 1. The molecule has 1 atom stereocenters. The van der Waals surface area contributed by atoms with E-state index in [0.29, 0.717) is 28.9 Å². The molecule has 180 valence electrons. The van der Waals surface area contributed by atoms with Crippen LogP contribution in [0.2, 0.25) is 0 Å². The van der Waals surface area contributed by atoms with E-state index in [2.05, 4.69) is 33.0 Å². The zero-order valence-corrected chi connectivity index (χ0v) is 21.5. The second-order valence-electron chi connectivity index (χ2n) is 7.88. The minimum Gasteiger partial charge on any atom is -0.447 e. The summed E-state index contributed by atoms with van der Waals surface area (Å²) in [5.41, 5.74) is 2.01. The third kappa shape index (κ3) is 6.10. The Kier molecular flexibility index (Phi) is 8.20. The lowest BCUT2D eigenvalue weighted by atomic mass is 10.1. The van der Waals surface area contributed by atoms with Crippen LogP contribution in [-0.2, 0) is 23.6 Å². The van der Waals surface area contributed by atoms with Gasteiger partial charge in [-0.05, 0) is 58.2 Å². The topological polar surface area (TPSA) is 83.2 Å². The molecule has 0 aliphatic heterocycles. The van der Waals surface area contributed by atoms with E-state index in [-0.39, 0.29) is 12.1 Å². The maximum absolute atomic E-state index is 13.4. The molecule has 2 heterocycles. The van der Waals surface area contributed by atoms with E-state index < -0.39 is 16.7 Å². The Labute approximate surface area is 214 Å². The summed E-state index contributed by atoms with van der Waals surface area (Å²) >= 11 is 4.86. The lowest BCUT2D eigenvalue weighted by molar-refractivity contribution is 0.0490. The predicted octanol–water partition coefficient (Wildman–Crippen LogP) is 4.44. The first-order chi connectivity index (χ1) is 16.9. The second kappa shape index (κ2) is 11.5. The van der Waals surface area contributed by atoms with Gasteiger partial charge in [0.05, 0.1) is 17.5 Å². The molecule has 0 N–H and O–H groups in total. The van der Waals surface area contributed by atoms with Crippen LogP contribution in [0.5, 0.6) is 0 Å². The number of esters is 1. The number of fused-ring (bicyclic) bond motifs is 1. The van der Waals surface area contributed by atoms with Gasteiger partial charge in [0.25, 0.3) is 5.56 Å². The average molecular weight is 554 g/mol. The van der Waals surface area contributed by atoms with Gasteiger partial charge in [-0.25, -0.2) is 14.6 Å². The van der Waals surface area contributed by atoms with Crippen LogP contribution in [-0.4, -0.2) is 30.9 Å². The molecule has 2 aromatic carbocycles. The van der Waals surface area contributed by atoms with Crippen LogP contribution in [0.4, 0.5) is 0 Å². The highest BCUT2D eigenvalue weighted by Crippen LogP contribution is 2.14. The molecule has 0 saturated carbocycles. The standard InChI is InChI=1S/C26H24BrN3O4S/c1-18(27)34-25(32)21-11-9-19(10-12-21)16-30-23-22(8-5-13-28-23)24(31)29(26(30)33)14-15-35-17-20-6-3-2-4-7-20/h2-13,18H,14-17H2,1H3. The van der Waals surface area contributed by atoms with Crippen molar-refractivity contribution in [2.24, 2.45) is 0 Å². The van der Waals surface area contributed by atoms with Crippen molar-refractivity contribution in [3.05, 3.63) is 110 Å². The number of rotatable bonds is 9. The first-order valence-corrected chi connectivity index (χ1v) is 13.1. The number of ether oxygens (including phenoxy) is 1. The number of pyridine rings is 1. The molecule has 7 nitrogen and oxygen atoms in total. The lowest BCUT2D eigenvalue weighted by Gasteiger charge is -2.14. The quantitative estimate of drug-likeness (QED) is 0.173. The van der Waals surface area contributed by atoms with Gasteiger partial charge in [0.15, 0.2) is 5.01 Å². The molecule has 0 aliphatic rings. The summed E-state index contributed by atoms with van der Waals surface area (Å²) in [6.07, 6.45) is 1.57. The normalized spacial score (nSPS) is 11.9. The van der Waals surface area contributed by atoms with Crippen molar-refractivity contribution in [3.8, 4) is 0 Å². The lowest BCUT2D eigenvalue weighted by Crippen LogP contribution is -2.41. The maximum Gasteiger partial charge on any atom is 0.339 e. The van der Waals surface area contributed by atoms with Crippen molar-refractivity contribution in [1.29, 1.82) is 0 Å². The molecule has 1 unspecified atom stereocenters. The van der Waals surface area contributed by atoms with Crippen molar-refractivity contribution in [2.45, 2.75) is 30.8 Å². The summed E-state index contributed by atoms with van der Waals surface area (Å²) in [6, 6.07) is 20.3. The number of hydrogen-bond donors (Lipinski definition) is 0. The van der Waals surface area contributed by atoms with Crippen LogP contribution in [0.15, 0.2) is 82.5 Å². The number of aromatic nitrogens is 3. The molecule has 0 spiro atoms. The van der Waals surface area contributed by atoms with Crippen molar-refractivity contribution < 1.29 is 9.53 Å². The third-order valence-electron chi connectivity index (χ3n) is 5.35. The summed E-state index contributed by atoms with van der Waals surface area (Å²) in [5, 5.41) is 0.00395. The molecule has 4 aromatic rings. The van der Waals surface area contributed by atoms with E-state index in [9.17, 15) is 14.4 Å². The number of hydrogen-bond acceptors (Lipinski definition) is 6. The van der Waals surface area contributed by atoms with E-state index in [1.165, 1.54) is 14.7 Å². The Bertz CT molecular complexity index is 1430. The Morgan fingerprint density at radius 1 is 1.00 bits per heavy atom. The fraction of sp³-hybridized carbons (Fsp3) is 0.231. The molecule has 0 amide bonds. The van der Waals surface area contributed by atoms with Crippen LogP contribution in [0.25, 0.3) is 11.0 Å². The Balaban J connectivity index is 1.58. The van der Waals surface area contributed by atoms with Crippen LogP contribution in [0.1, 0.15) is 28.4 Å². The van der Waals surface area contributed by atoms with Crippen molar-refractivity contribution in [3.63, 3.8) is 0 Å². The van der Waals surface area contributed by atoms with Crippen LogP contribution < -0.4 is 11.2 Å². The number of alkyl halides is 1. The van der Waals surface area contributed by atoms with Crippen LogP contribution in [0, 0.1) is 0 Å². The largest absolute Gasteiger partial charge is 0.447 e. The fourth-order valence-corrected chi connectivity index (χ4v) is 4.71. The molecule has 4 rings (SSSR count). The summed E-state index contributed by atoms with van der Waals surface area (Å²) in [4.78, 5) is 42.9. The Hall–Kier alpha value is -3.17. The highest BCUT2D eigenvalue weighted by Gasteiger charge is 2.15. The molecule has 35 heavy (non-hydrogen) atoms. The van der Waals surface area contributed by atoms with Crippen LogP contribution >= 0.6 is 27.7 Å². The summed E-state index contributed by atoms with van der Waals surface area (Å²) < 4.78 is 7.94. The van der Waals surface area contributed by atoms with Crippen molar-refractivity contribution >= 4 is 44.7 Å². The van der Waals surface area contributed by atoms with E-state index in [1.807, 2.05) is 18.2 Å². The highest BCUT2D eigenvalue weighted by molar-refractivity contribution is 9.09. The summed E-state index contributed by atoms with van der Waals surface area (Å²) in [6.45, 7) is 2.23. The average Bonchev–Trinajstić information content (AvgIpc) is 2.86. The number of thioether (sulfide) groups is 1. The van der Waals surface area contributed by atoms with Gasteiger partial charge in [-0.3, -0.25) is 13.9 Å². The number of carbonyl (C=O) groups is 1. The monoisotopic (exact) mass is 553 g/mol. The molecule has 0 aliphatic carbocycles. The SMILES string of the molecule is CC(Br)OC(=O)c1ccc(Cn2c(=O)n(CCSCc3ccccc3)c(=O)c3cccnc32)cc1. The number of halogens is 1. The van der Waals surface area contributed by atoms with E-state index in [0.717, 1.165) is 11.3 Å². The van der Waals surface area contributed by atoms with Gasteiger partial charge in [-0.2, -0.15) is 11.8 Å². The molecule has 9 heteroatoms. The van der Waals surface area contributed by atoms with Gasteiger partial charge in [-0.1, -0.05) is 42.5 Å². The molecular weight excluding hydrogens is 530 g/mol. The number of benzene rings is 2. The predicted molar refractivity (Wildman–Crippen MR) is 142 cm³/mol.